The van der Waals surface area contributed by atoms with Crippen LogP contribution in [0.25, 0.3) is 44.3 Å². The summed E-state index contributed by atoms with van der Waals surface area (Å²) in [4.78, 5) is 5.30. The lowest BCUT2D eigenvalue weighted by atomic mass is 9.42. The molecular weight excluding hydrogens is 860 g/mol. The van der Waals surface area contributed by atoms with Gasteiger partial charge in [0, 0.05) is 39.0 Å². The molecule has 0 N–H and O–H groups in total. The molecule has 0 saturated heterocycles. The first-order valence-electron chi connectivity index (χ1n) is 26.0. The van der Waals surface area contributed by atoms with Gasteiger partial charge in [-0.25, -0.2) is 0 Å². The monoisotopic (exact) mass is 920 g/mol. The molecule has 0 radical (unpaired) electrons. The molecule has 0 unspecified atom stereocenters. The van der Waals surface area contributed by atoms with Crippen LogP contribution in [0, 0.1) is 0 Å². The standard InChI is InChI=1S/C67H61BN2O/c1-63(2,3)41-31-32-55(46(35-41)40-21-12-11-13-22-40)69-57-37-42(64(4,5)6)36-47-45-25-20-29-52-61(45)70(56-30-19-18-28-51(56)67(52)49-26-16-14-23-43(49)44-24-15-17-27-50(44)67)68(59(47)57)60-48-38-53-54(39-58(48)71-62(60)69)66(9,10)34-33-65(53,7)8/h11-32,35-39H,33-34H2,1-10H3. The summed E-state index contributed by atoms with van der Waals surface area (Å²) in [5, 5.41) is 1.21. The molecule has 8 aromatic carbocycles. The van der Waals surface area contributed by atoms with Crippen LogP contribution >= 0.6 is 0 Å². The molecule has 0 amide bonds. The van der Waals surface area contributed by atoms with E-state index in [2.05, 4.69) is 243 Å². The van der Waals surface area contributed by atoms with Crippen molar-refractivity contribution in [2.45, 2.75) is 109 Å². The highest BCUT2D eigenvalue weighted by Crippen LogP contribution is 2.65. The smallest absolute Gasteiger partial charge is 0.337 e. The minimum atomic E-state index is -0.524. The van der Waals surface area contributed by atoms with E-state index >= 15 is 0 Å². The molecule has 0 atom stereocenters. The van der Waals surface area contributed by atoms with Gasteiger partial charge in [0.05, 0.1) is 11.1 Å². The number of rotatable bonds is 2. The summed E-state index contributed by atoms with van der Waals surface area (Å²) in [6.45, 7) is 23.6. The zero-order valence-electron chi connectivity index (χ0n) is 42.9. The molecular formula is C67H61BN2O. The minimum Gasteiger partial charge on any atom is -0.440 e. The van der Waals surface area contributed by atoms with E-state index in [1.807, 2.05) is 0 Å². The fourth-order valence-electron chi connectivity index (χ4n) is 13.8. The van der Waals surface area contributed by atoms with Crippen molar-refractivity contribution >= 4 is 57.4 Å². The van der Waals surface area contributed by atoms with Crippen molar-refractivity contribution in [2.75, 3.05) is 9.71 Å². The predicted molar refractivity (Wildman–Crippen MR) is 299 cm³/mol. The van der Waals surface area contributed by atoms with Crippen LogP contribution in [0.1, 0.15) is 127 Å². The summed E-state index contributed by atoms with van der Waals surface area (Å²) in [5.41, 5.74) is 26.1. The maximum Gasteiger partial charge on any atom is 0.337 e. The molecule has 0 saturated carbocycles. The Kier molecular flexibility index (Phi) is 8.50. The SMILES string of the molecule is CC(C)(C)c1ccc(N2c3cc(C(C)(C)C)cc4c3B(c3c2oc2cc5c(cc32)C(C)(C)CCC5(C)C)N2c3ccccc3C3(c5ccccc5-c5ccccc53)c3cccc-4c32)c(-c2ccccc2)c1. The van der Waals surface area contributed by atoms with Crippen LogP contribution < -0.4 is 20.6 Å². The van der Waals surface area contributed by atoms with Gasteiger partial charge in [-0.1, -0.05) is 197 Å². The molecule has 2 aliphatic carbocycles. The highest BCUT2D eigenvalue weighted by molar-refractivity contribution is 6.95. The molecule has 71 heavy (non-hydrogen) atoms. The topological polar surface area (TPSA) is 19.6 Å². The van der Waals surface area contributed by atoms with Gasteiger partial charge in [0.1, 0.15) is 5.58 Å². The summed E-state index contributed by atoms with van der Waals surface area (Å²) < 4.78 is 7.75. The Morgan fingerprint density at radius 2 is 1.03 bits per heavy atom. The number of hydrogen-bond donors (Lipinski definition) is 0. The molecule has 4 heterocycles. The molecule has 348 valence electrons. The molecule has 3 aliphatic heterocycles. The maximum absolute atomic E-state index is 7.75. The first kappa shape index (κ1) is 42.8. The first-order chi connectivity index (χ1) is 34.0. The quantitative estimate of drug-likeness (QED) is 0.161. The third kappa shape index (κ3) is 5.63. The second-order valence-corrected chi connectivity index (χ2v) is 24.7. The summed E-state index contributed by atoms with van der Waals surface area (Å²) in [5.74, 6) is 0.906. The fraction of sp³-hybridized carbons (Fsp3) is 0.254. The van der Waals surface area contributed by atoms with Crippen LogP contribution in [0.15, 0.2) is 168 Å². The van der Waals surface area contributed by atoms with Crippen LogP contribution in [0.3, 0.4) is 0 Å². The van der Waals surface area contributed by atoms with Gasteiger partial charge in [-0.3, -0.25) is 4.90 Å². The summed E-state index contributed by atoms with van der Waals surface area (Å²) >= 11 is 0. The van der Waals surface area contributed by atoms with E-state index < -0.39 is 5.41 Å². The van der Waals surface area contributed by atoms with Gasteiger partial charge in [0.15, 0.2) is 0 Å². The van der Waals surface area contributed by atoms with Crippen LogP contribution in [-0.2, 0) is 27.1 Å². The molecule has 9 aromatic rings. The van der Waals surface area contributed by atoms with Crippen molar-refractivity contribution in [3.8, 4) is 33.4 Å². The van der Waals surface area contributed by atoms with E-state index in [-0.39, 0.29) is 28.5 Å². The van der Waals surface area contributed by atoms with Gasteiger partial charge >= 0.3 is 6.85 Å². The molecule has 1 aromatic heterocycles. The third-order valence-electron chi connectivity index (χ3n) is 17.6. The summed E-state index contributed by atoms with van der Waals surface area (Å²) in [6.07, 6.45) is 2.27. The van der Waals surface area contributed by atoms with Crippen LogP contribution in [0.4, 0.5) is 28.6 Å². The number of hydrogen-bond acceptors (Lipinski definition) is 3. The average Bonchev–Trinajstić information content (AvgIpc) is 3.89. The molecule has 5 aliphatic rings. The lowest BCUT2D eigenvalue weighted by Gasteiger charge is -2.52. The van der Waals surface area contributed by atoms with Crippen LogP contribution in [-0.4, -0.2) is 6.85 Å². The molecule has 0 fully saturated rings. The Labute approximate surface area is 420 Å². The van der Waals surface area contributed by atoms with E-state index in [0.29, 0.717) is 0 Å². The fourth-order valence-corrected chi connectivity index (χ4v) is 13.8. The molecule has 1 spiro atoms. The lowest BCUT2D eigenvalue weighted by molar-refractivity contribution is 0.332. The van der Waals surface area contributed by atoms with Crippen molar-refractivity contribution in [2.24, 2.45) is 0 Å². The van der Waals surface area contributed by atoms with Gasteiger partial charge in [0.25, 0.3) is 0 Å². The number of nitrogens with zero attached hydrogens (tertiary/aromatic N) is 2. The number of fused-ring (bicyclic) bond motifs is 16. The predicted octanol–water partition coefficient (Wildman–Crippen LogP) is 16.4. The maximum atomic E-state index is 7.75. The van der Waals surface area contributed by atoms with E-state index in [1.165, 1.54) is 111 Å². The van der Waals surface area contributed by atoms with Gasteiger partial charge in [-0.15, -0.1) is 0 Å². The van der Waals surface area contributed by atoms with Crippen molar-refractivity contribution in [1.29, 1.82) is 0 Å². The first-order valence-corrected chi connectivity index (χ1v) is 26.0. The van der Waals surface area contributed by atoms with Gasteiger partial charge in [-0.2, -0.15) is 0 Å². The highest BCUT2D eigenvalue weighted by atomic mass is 16.4. The van der Waals surface area contributed by atoms with E-state index in [0.717, 1.165) is 30.0 Å². The zero-order valence-corrected chi connectivity index (χ0v) is 42.9. The second-order valence-electron chi connectivity index (χ2n) is 24.7. The van der Waals surface area contributed by atoms with Crippen LogP contribution in [0.2, 0.25) is 0 Å². The Hall–Kier alpha value is -7.04. The van der Waals surface area contributed by atoms with Crippen molar-refractivity contribution in [3.05, 3.63) is 208 Å². The second kappa shape index (κ2) is 14.1. The molecule has 14 rings (SSSR count). The van der Waals surface area contributed by atoms with Crippen molar-refractivity contribution in [1.82, 2.24) is 0 Å². The Balaban J connectivity index is 1.17. The Bertz CT molecular complexity index is 3720. The molecule has 3 nitrogen and oxygen atoms in total. The van der Waals surface area contributed by atoms with Crippen LogP contribution in [0.5, 0.6) is 0 Å². The van der Waals surface area contributed by atoms with E-state index in [1.54, 1.807) is 0 Å². The number of anilines is 5. The third-order valence-corrected chi connectivity index (χ3v) is 17.6. The normalized spacial score (nSPS) is 17.0. The lowest BCUT2D eigenvalue weighted by Crippen LogP contribution is -2.63. The zero-order chi connectivity index (χ0) is 48.7. The van der Waals surface area contributed by atoms with Crippen molar-refractivity contribution in [3.63, 3.8) is 0 Å². The molecule has 4 heteroatoms. The van der Waals surface area contributed by atoms with Gasteiger partial charge in [0.2, 0.25) is 5.88 Å². The van der Waals surface area contributed by atoms with Gasteiger partial charge in [-0.05, 0) is 143 Å². The van der Waals surface area contributed by atoms with E-state index in [9.17, 15) is 0 Å². The van der Waals surface area contributed by atoms with Crippen molar-refractivity contribution < 1.29 is 4.42 Å². The minimum absolute atomic E-state index is 0.00515. The number of para-hydroxylation sites is 2. The Morgan fingerprint density at radius 1 is 0.451 bits per heavy atom. The summed E-state index contributed by atoms with van der Waals surface area (Å²) in [7, 11) is 0. The van der Waals surface area contributed by atoms with E-state index in [4.69, 9.17) is 4.42 Å². The molecule has 0 bridgehead atoms. The van der Waals surface area contributed by atoms with Gasteiger partial charge < -0.3 is 9.23 Å². The largest absolute Gasteiger partial charge is 0.440 e. The number of benzene rings is 8. The highest BCUT2D eigenvalue weighted by Gasteiger charge is 2.57. The summed E-state index contributed by atoms with van der Waals surface area (Å²) in [6, 6.07) is 63.3. The Morgan fingerprint density at radius 3 is 1.70 bits per heavy atom. The number of furan rings is 1. The average molecular weight is 921 g/mol.